The molecular weight excluding hydrogens is 300 g/mol. The largest absolute Gasteiger partial charge is 0.469 e. The van der Waals surface area contributed by atoms with E-state index in [0.29, 0.717) is 12.1 Å². The number of hydrogen-bond acceptors (Lipinski definition) is 4. The van der Waals surface area contributed by atoms with Gasteiger partial charge >= 0.3 is 5.97 Å². The number of benzene rings is 1. The minimum absolute atomic E-state index is 0.0253. The monoisotopic (exact) mass is 330 g/mol. The van der Waals surface area contributed by atoms with Crippen LogP contribution in [-0.4, -0.2) is 43.2 Å². The van der Waals surface area contributed by atoms with Crippen LogP contribution in [0.1, 0.15) is 44.1 Å². The van der Waals surface area contributed by atoms with Crippen molar-refractivity contribution in [3.05, 3.63) is 35.9 Å². The Kier molecular flexibility index (Phi) is 6.27. The van der Waals surface area contributed by atoms with Gasteiger partial charge in [-0.2, -0.15) is 0 Å². The maximum atomic E-state index is 11.6. The van der Waals surface area contributed by atoms with E-state index in [9.17, 15) is 4.79 Å². The summed E-state index contributed by atoms with van der Waals surface area (Å²) in [4.78, 5) is 14.2. The molecule has 4 nitrogen and oxygen atoms in total. The predicted octanol–water partition coefficient (Wildman–Crippen LogP) is 2.97. The summed E-state index contributed by atoms with van der Waals surface area (Å²) in [6, 6.07) is 12.0. The second-order valence-electron chi connectivity index (χ2n) is 7.27. The van der Waals surface area contributed by atoms with Crippen LogP contribution in [0.3, 0.4) is 0 Å². The van der Waals surface area contributed by atoms with Crippen molar-refractivity contribution < 1.29 is 9.53 Å². The van der Waals surface area contributed by atoms with Crippen molar-refractivity contribution in [2.45, 2.75) is 57.2 Å². The quantitative estimate of drug-likeness (QED) is 0.843. The average Bonchev–Trinajstić information content (AvgIpc) is 2.64. The van der Waals surface area contributed by atoms with Crippen molar-refractivity contribution in [1.29, 1.82) is 0 Å². The lowest BCUT2D eigenvalue weighted by molar-refractivity contribution is -0.146. The van der Waals surface area contributed by atoms with Crippen molar-refractivity contribution in [2.75, 3.05) is 20.2 Å². The molecule has 1 aliphatic carbocycles. The Morgan fingerprint density at radius 2 is 1.67 bits per heavy atom. The Morgan fingerprint density at radius 3 is 2.29 bits per heavy atom. The van der Waals surface area contributed by atoms with E-state index in [1.165, 1.54) is 38.6 Å². The molecule has 2 aliphatic rings. The summed E-state index contributed by atoms with van der Waals surface area (Å²) in [7, 11) is 1.50. The molecule has 1 aromatic rings. The molecule has 0 radical (unpaired) electrons. The average molecular weight is 330 g/mol. The molecule has 24 heavy (non-hydrogen) atoms. The van der Waals surface area contributed by atoms with Crippen LogP contribution >= 0.6 is 0 Å². The number of methoxy groups -OCH3 is 1. The molecule has 0 atom stereocenters. The fourth-order valence-corrected chi connectivity index (χ4v) is 4.10. The van der Waals surface area contributed by atoms with E-state index in [0.717, 1.165) is 32.2 Å². The third-order valence-corrected chi connectivity index (χ3v) is 5.57. The molecule has 1 saturated carbocycles. The topological polar surface area (TPSA) is 41.6 Å². The summed E-state index contributed by atoms with van der Waals surface area (Å²) < 4.78 is 4.87. The number of carbonyl (C=O) groups is 1. The summed E-state index contributed by atoms with van der Waals surface area (Å²) in [5.41, 5.74) is 1.41. The maximum Gasteiger partial charge on any atom is 0.308 e. The highest BCUT2D eigenvalue weighted by Crippen LogP contribution is 2.26. The molecule has 0 bridgehead atoms. The van der Waals surface area contributed by atoms with Crippen molar-refractivity contribution in [2.24, 2.45) is 5.92 Å². The number of ether oxygens (including phenoxy) is 1. The molecule has 132 valence electrons. The molecule has 1 aliphatic heterocycles. The molecule has 1 heterocycles. The number of likely N-dealkylation sites (tertiary alicyclic amines) is 1. The first-order valence-electron chi connectivity index (χ1n) is 9.34. The van der Waals surface area contributed by atoms with Crippen LogP contribution in [0.5, 0.6) is 0 Å². The minimum atomic E-state index is -0.0253. The fraction of sp³-hybridized carbons (Fsp3) is 0.650. The van der Waals surface area contributed by atoms with Gasteiger partial charge in [-0.3, -0.25) is 9.69 Å². The summed E-state index contributed by atoms with van der Waals surface area (Å²) in [6.07, 6.45) is 6.59. The van der Waals surface area contributed by atoms with E-state index in [2.05, 4.69) is 40.5 Å². The van der Waals surface area contributed by atoms with E-state index >= 15 is 0 Å². The smallest absolute Gasteiger partial charge is 0.308 e. The Balaban J connectivity index is 1.36. The van der Waals surface area contributed by atoms with Gasteiger partial charge in [0.2, 0.25) is 0 Å². The van der Waals surface area contributed by atoms with Gasteiger partial charge in [0, 0.05) is 18.6 Å². The van der Waals surface area contributed by atoms with Crippen LogP contribution in [-0.2, 0) is 16.1 Å². The zero-order chi connectivity index (χ0) is 16.8. The van der Waals surface area contributed by atoms with Gasteiger partial charge in [-0.05, 0) is 57.2 Å². The lowest BCUT2D eigenvalue weighted by Crippen LogP contribution is -2.47. The van der Waals surface area contributed by atoms with Crippen LogP contribution < -0.4 is 5.32 Å². The van der Waals surface area contributed by atoms with E-state index in [1.54, 1.807) is 0 Å². The summed E-state index contributed by atoms with van der Waals surface area (Å²) >= 11 is 0. The Morgan fingerprint density at radius 1 is 1.04 bits per heavy atom. The first-order chi connectivity index (χ1) is 11.7. The Bertz CT molecular complexity index is 504. The summed E-state index contributed by atoms with van der Waals surface area (Å²) in [6.45, 7) is 3.41. The van der Waals surface area contributed by atoms with E-state index in [-0.39, 0.29) is 11.9 Å². The SMILES string of the molecule is COC(=O)C1CCC(NC2CCN(Cc3ccccc3)CC2)CC1. The lowest BCUT2D eigenvalue weighted by Gasteiger charge is -2.36. The molecule has 0 aromatic heterocycles. The normalized spacial score (nSPS) is 26.2. The number of nitrogens with one attached hydrogen (secondary N) is 1. The highest BCUT2D eigenvalue weighted by Gasteiger charge is 2.29. The van der Waals surface area contributed by atoms with Gasteiger partial charge in [0.05, 0.1) is 13.0 Å². The summed E-state index contributed by atoms with van der Waals surface area (Å²) in [5.74, 6) is 0.100. The molecule has 1 N–H and O–H groups in total. The molecule has 4 heteroatoms. The maximum absolute atomic E-state index is 11.6. The van der Waals surface area contributed by atoms with Crippen molar-refractivity contribution in [3.8, 4) is 0 Å². The predicted molar refractivity (Wildman–Crippen MR) is 95.6 cm³/mol. The van der Waals surface area contributed by atoms with Crippen LogP contribution in [0.25, 0.3) is 0 Å². The van der Waals surface area contributed by atoms with Gasteiger partial charge in [-0.1, -0.05) is 30.3 Å². The van der Waals surface area contributed by atoms with Gasteiger partial charge in [0.15, 0.2) is 0 Å². The van der Waals surface area contributed by atoms with Gasteiger partial charge in [-0.15, -0.1) is 0 Å². The second-order valence-corrected chi connectivity index (χ2v) is 7.27. The van der Waals surface area contributed by atoms with E-state index in [4.69, 9.17) is 4.74 Å². The molecule has 0 amide bonds. The lowest BCUT2D eigenvalue weighted by atomic mass is 9.85. The molecule has 2 fully saturated rings. The van der Waals surface area contributed by atoms with Gasteiger partial charge < -0.3 is 10.1 Å². The zero-order valence-electron chi connectivity index (χ0n) is 14.7. The summed E-state index contributed by atoms with van der Waals surface area (Å²) in [5, 5.41) is 3.84. The Hall–Kier alpha value is -1.39. The molecule has 1 aromatic carbocycles. The number of rotatable bonds is 5. The van der Waals surface area contributed by atoms with E-state index < -0.39 is 0 Å². The first-order valence-corrected chi connectivity index (χ1v) is 9.34. The molecule has 1 saturated heterocycles. The van der Waals surface area contributed by atoms with Crippen molar-refractivity contribution in [3.63, 3.8) is 0 Å². The third kappa shape index (κ3) is 4.81. The van der Waals surface area contributed by atoms with Gasteiger partial charge in [0.1, 0.15) is 0 Å². The van der Waals surface area contributed by atoms with Gasteiger partial charge in [-0.25, -0.2) is 0 Å². The van der Waals surface area contributed by atoms with E-state index in [1.807, 2.05) is 0 Å². The number of hydrogen-bond donors (Lipinski definition) is 1. The van der Waals surface area contributed by atoms with Crippen molar-refractivity contribution >= 4 is 5.97 Å². The van der Waals surface area contributed by atoms with Crippen LogP contribution in [0.15, 0.2) is 30.3 Å². The molecule has 0 unspecified atom stereocenters. The van der Waals surface area contributed by atoms with Crippen LogP contribution in [0.2, 0.25) is 0 Å². The van der Waals surface area contributed by atoms with Crippen molar-refractivity contribution in [1.82, 2.24) is 10.2 Å². The highest BCUT2D eigenvalue weighted by atomic mass is 16.5. The standard InChI is InChI=1S/C20H30N2O2/c1-24-20(23)17-7-9-18(10-8-17)21-19-11-13-22(14-12-19)15-16-5-3-2-4-6-16/h2-6,17-19,21H,7-15H2,1H3. The number of piperidine rings is 1. The first kappa shape index (κ1) is 17.4. The number of carbonyl (C=O) groups excluding carboxylic acids is 1. The van der Waals surface area contributed by atoms with Gasteiger partial charge in [0.25, 0.3) is 0 Å². The highest BCUT2D eigenvalue weighted by molar-refractivity contribution is 5.72. The third-order valence-electron chi connectivity index (χ3n) is 5.57. The second kappa shape index (κ2) is 8.63. The molecule has 3 rings (SSSR count). The molecular formula is C20H30N2O2. The Labute approximate surface area is 145 Å². The molecule has 0 spiro atoms. The number of esters is 1. The minimum Gasteiger partial charge on any atom is -0.469 e. The number of nitrogens with zero attached hydrogens (tertiary/aromatic N) is 1. The van der Waals surface area contributed by atoms with Crippen LogP contribution in [0, 0.1) is 5.92 Å². The zero-order valence-corrected chi connectivity index (χ0v) is 14.7. The fourth-order valence-electron chi connectivity index (χ4n) is 4.10. The van der Waals surface area contributed by atoms with Crippen LogP contribution in [0.4, 0.5) is 0 Å².